The van der Waals surface area contributed by atoms with E-state index >= 15 is 0 Å². The summed E-state index contributed by atoms with van der Waals surface area (Å²) >= 11 is 0. The minimum absolute atomic E-state index is 0. The Morgan fingerprint density at radius 3 is 0.0820 bits per heavy atom. The molecule has 407 valence electrons. The molecule has 82 N–H and O–H groups in total. The Morgan fingerprint density at radius 2 is 0.0820 bits per heavy atom. The first-order valence-corrected chi connectivity index (χ1v) is 0. The smallest absolute Gasteiger partial charge is 0 e. The Kier molecular flexibility index (Phi) is 33000. The van der Waals surface area contributed by atoms with E-state index in [1.807, 2.05) is 0 Å². The number of rotatable bonds is 0. The second kappa shape index (κ2) is 1390. The van der Waals surface area contributed by atoms with E-state index in [1.54, 1.807) is 0 Å². The largest absolute Gasteiger partial charge is 0.412 e. The Morgan fingerprint density at radius 1 is 0.0820 bits per heavy atom. The molecule has 11 radical (unpaired) electrons. The van der Waals surface area contributed by atoms with Gasteiger partial charge in [0.25, 0.3) is 0 Å². The van der Waals surface area contributed by atoms with Gasteiger partial charge in [-0.05, 0) is 0 Å². The second-order valence-corrected chi connectivity index (χ2v) is 0. The van der Waals surface area contributed by atoms with Gasteiger partial charge in [-0.2, -0.15) is 0 Å². The fourth-order valence-corrected chi connectivity index (χ4v) is 0. The van der Waals surface area contributed by atoms with Gasteiger partial charge in [0, 0.05) is 625 Å². The van der Waals surface area contributed by atoms with Gasteiger partial charge in [-0.3, -0.25) is 0 Å². The normalized spacial score (nSPS) is 0. The summed E-state index contributed by atoms with van der Waals surface area (Å²) in [6, 6.07) is 0. The minimum Gasteiger partial charge on any atom is -0.412 e. The monoisotopic (exact) mass is 2970 g/mol. The summed E-state index contributed by atoms with van der Waals surface area (Å²) in [5.74, 6) is 0. The average Bonchev–Trinajstić information content (AvgIpc) is 0. The van der Waals surface area contributed by atoms with E-state index in [9.17, 15) is 0 Å². The molecule has 0 saturated carbocycles. The van der Waals surface area contributed by atoms with E-state index < -0.39 is 0 Å². The van der Waals surface area contributed by atoms with Crippen LogP contribution in [0.2, 0.25) is 0 Å². The van der Waals surface area contributed by atoms with Crippen molar-refractivity contribution >= 4 is 371 Å². The first-order valence-electron chi connectivity index (χ1n) is 0. The van der Waals surface area contributed by atoms with Gasteiger partial charge in [-0.1, -0.05) is 0 Å². The number of hydrogen-bond donors (Lipinski definition) is 0. The summed E-state index contributed by atoms with van der Waals surface area (Å²) in [5.41, 5.74) is 0. The van der Waals surface area contributed by atoms with Gasteiger partial charge in [0.1, 0.15) is 0 Å². The minimum atomic E-state index is 0. The van der Waals surface area contributed by atoms with E-state index in [0.717, 1.165) is 0 Å². The van der Waals surface area contributed by atoms with Crippen LogP contribution in [0, 0.1) is 0 Å². The third-order valence-electron chi connectivity index (χ3n) is 0. The molecule has 0 aliphatic carbocycles. The molecule has 0 aromatic heterocycles. The van der Waals surface area contributed by atoms with Crippen LogP contribution in [0.1, 0.15) is 0 Å². The molecule has 0 spiro atoms. The van der Waals surface area contributed by atoms with E-state index in [1.165, 1.54) is 0 Å². The zero-order valence-electron chi connectivity index (χ0n) is 33.1. The average molecular weight is 2970 g/mol. The van der Waals surface area contributed by atoms with Crippen LogP contribution in [-0.2, 0) is 254 Å². The molecule has 61 heteroatoms. The van der Waals surface area contributed by atoms with E-state index in [4.69, 9.17) is 0 Å². The Bertz CT molecular complexity index is 87.2. The molecule has 0 bridgehead atoms. The molecule has 41 nitrogen and oxygen atoms in total. The van der Waals surface area contributed by atoms with Gasteiger partial charge < -0.3 is 225 Å². The molecule has 0 amide bonds. The maximum absolute atomic E-state index is 0. The van der Waals surface area contributed by atoms with Crippen molar-refractivity contribution in [3.8, 4) is 0 Å². The van der Waals surface area contributed by atoms with Crippen molar-refractivity contribution in [1.29, 1.82) is 0 Å². The van der Waals surface area contributed by atoms with Crippen LogP contribution < -0.4 is 0 Å². The fourth-order valence-electron chi connectivity index (χ4n) is 0. The predicted molar refractivity (Wildman–Crippen MR) is 194 cm³/mol. The van der Waals surface area contributed by atoms with Crippen molar-refractivity contribution < 1.29 is 479 Å². The van der Waals surface area contributed by atoms with Crippen LogP contribution in [0.3, 0.4) is 0 Å². The summed E-state index contributed by atoms with van der Waals surface area (Å²) in [7, 11) is 0. The fraction of sp³-hybridized carbons (Fsp3) is 0. The number of hydrogen-bond acceptors (Lipinski definition) is 0. The quantitative estimate of drug-likeness (QED) is 0.204. The van der Waals surface area contributed by atoms with Crippen molar-refractivity contribution in [2.24, 2.45) is 0 Å². The van der Waals surface area contributed by atoms with Gasteiger partial charge in [0.2, 0.25) is 0 Å². The third kappa shape index (κ3) is 1360. The van der Waals surface area contributed by atoms with Gasteiger partial charge in [0.05, 0.1) is 0 Å². The standard InChI is InChI=1S/7K.41H2O.Si.2Ti.10W/h;;;;;;;41*1H2;;;;;;;;;;;;;. The molecule has 0 aliphatic rings. The Balaban J connectivity index is 0. The summed E-state index contributed by atoms with van der Waals surface area (Å²) in [6.45, 7) is 0. The van der Waals surface area contributed by atoms with Gasteiger partial charge >= 0.3 is 0 Å². The van der Waals surface area contributed by atoms with Crippen LogP contribution in [0.5, 0.6) is 0 Å². The van der Waals surface area contributed by atoms with Crippen molar-refractivity contribution in [3.63, 3.8) is 0 Å². The van der Waals surface area contributed by atoms with Gasteiger partial charge in [-0.25, -0.2) is 0 Å². The summed E-state index contributed by atoms with van der Waals surface area (Å²) in [6.07, 6.45) is 0. The van der Waals surface area contributed by atoms with Crippen LogP contribution in [-0.4, -0.2) is 595 Å². The van der Waals surface area contributed by atoms with Crippen molar-refractivity contribution in [2.75, 3.05) is 0 Å². The predicted octanol–water partition coefficient (Wildman–Crippen LogP) is -36.9. The topological polar surface area (TPSA) is 1290 Å². The maximum atomic E-state index is 0. The molecule has 0 rings (SSSR count). The van der Waals surface area contributed by atoms with Crippen molar-refractivity contribution in [3.05, 3.63) is 0 Å². The molecule has 0 aliphatic heterocycles. The Hall–Kier alpha value is 18.3. The molecule has 0 aromatic rings. The Labute approximate surface area is 825 Å². The zero-order chi connectivity index (χ0) is 0. The van der Waals surface area contributed by atoms with Crippen molar-refractivity contribution in [1.82, 2.24) is 0 Å². The first-order chi connectivity index (χ1) is 0. The summed E-state index contributed by atoms with van der Waals surface area (Å²) in [5, 5.41) is 0. The molecule has 0 heterocycles. The summed E-state index contributed by atoms with van der Waals surface area (Å²) in [4.78, 5) is 0. The third-order valence-corrected chi connectivity index (χ3v) is 0. The van der Waals surface area contributed by atoms with E-state index in [2.05, 4.69) is 0 Å². The molecule has 61 heavy (non-hydrogen) atoms. The van der Waals surface area contributed by atoms with Gasteiger partial charge in [-0.15, -0.1) is 0 Å². The molecular weight excluding hydrogens is 2890 g/mol. The maximum Gasteiger partial charge on any atom is 0 e. The van der Waals surface area contributed by atoms with E-state index in [0.29, 0.717) is 0 Å². The van der Waals surface area contributed by atoms with Crippen molar-refractivity contribution in [2.45, 2.75) is 0 Å². The molecular formula is H82K7O41SiTi2W10. The molecule has 0 aromatic carbocycles. The zero-order valence-corrected chi connectivity index (χ0v) is 88.4. The molecule has 0 unspecified atom stereocenters. The van der Waals surface area contributed by atoms with Crippen LogP contribution in [0.15, 0.2) is 0 Å². The van der Waals surface area contributed by atoms with Crippen LogP contribution in [0.4, 0.5) is 0 Å². The second-order valence-electron chi connectivity index (χ2n) is 0. The molecule has 0 fully saturated rings. The molecule has 0 atom stereocenters. The molecule has 0 saturated heterocycles. The first kappa shape index (κ1) is 1450. The SMILES string of the molecule is O.O.O.O.O.O.O.O.O.O.O.O.O.O.O.O.O.O.O.O.O.O.O.O.O.O.O.O.O.O.O.O.O.O.O.O.O.O.O.O.O.[K].[K].[K].[K].[K].[K].[K].[Si].[Ti].[Ti].[W].[W].[W].[W].[W].[W].[W].[W].[W].[W]. The van der Waals surface area contributed by atoms with Gasteiger partial charge in [0.15, 0.2) is 0 Å². The van der Waals surface area contributed by atoms with Crippen LogP contribution in [0.25, 0.3) is 0 Å². The van der Waals surface area contributed by atoms with Crippen LogP contribution >= 0.6 is 0 Å². The van der Waals surface area contributed by atoms with E-state index in [-0.39, 0.29) is 849 Å². The summed E-state index contributed by atoms with van der Waals surface area (Å²) < 4.78 is 0.